The molecule has 186 valence electrons. The van der Waals surface area contributed by atoms with Gasteiger partial charge < -0.3 is 34.2 Å². The van der Waals surface area contributed by atoms with Crippen LogP contribution < -0.4 is 16.0 Å². The summed E-state index contributed by atoms with van der Waals surface area (Å²) < 4.78 is 9.69. The number of aromatic nitrogens is 3. The molecule has 12 heteroatoms. The molecule has 0 atom stereocenters. The van der Waals surface area contributed by atoms with Crippen molar-refractivity contribution in [3.8, 4) is 0 Å². The van der Waals surface area contributed by atoms with Crippen LogP contribution >= 0.6 is 0 Å². The number of amides is 3. The molecule has 0 radical (unpaired) electrons. The van der Waals surface area contributed by atoms with Crippen LogP contribution in [0.25, 0.3) is 0 Å². The van der Waals surface area contributed by atoms with Gasteiger partial charge in [-0.15, -0.1) is 0 Å². The van der Waals surface area contributed by atoms with Crippen molar-refractivity contribution in [3.05, 3.63) is 53.9 Å². The van der Waals surface area contributed by atoms with Crippen molar-refractivity contribution in [2.45, 2.75) is 26.4 Å². The van der Waals surface area contributed by atoms with Gasteiger partial charge in [0.1, 0.15) is 22.7 Å². The number of aromatic carboxylic acids is 1. The quantitative estimate of drug-likeness (QED) is 0.422. The number of aryl methyl sites for hydroxylation is 3. The smallest absolute Gasteiger partial charge is 0.412 e. The lowest BCUT2D eigenvalue weighted by molar-refractivity contribution is 0.0633. The van der Waals surface area contributed by atoms with E-state index in [2.05, 4.69) is 16.0 Å². The van der Waals surface area contributed by atoms with E-state index in [9.17, 15) is 19.2 Å². The third-order valence-corrected chi connectivity index (χ3v) is 4.86. The number of carbonyl (C=O) groups is 4. The molecule has 0 fully saturated rings. The third-order valence-electron chi connectivity index (χ3n) is 4.86. The van der Waals surface area contributed by atoms with Crippen LogP contribution in [0.1, 0.15) is 52.2 Å². The molecule has 35 heavy (non-hydrogen) atoms. The van der Waals surface area contributed by atoms with Crippen molar-refractivity contribution in [3.63, 3.8) is 0 Å². The van der Waals surface area contributed by atoms with Gasteiger partial charge in [0.2, 0.25) is 0 Å². The van der Waals surface area contributed by atoms with E-state index in [-0.39, 0.29) is 17.1 Å². The molecule has 4 N–H and O–H groups in total. The molecule has 3 amide bonds. The summed E-state index contributed by atoms with van der Waals surface area (Å²) in [6, 6.07) is 4.35. The number of hydrogen-bond acceptors (Lipinski definition) is 5. The molecule has 3 rings (SSSR count). The van der Waals surface area contributed by atoms with E-state index in [0.29, 0.717) is 17.1 Å². The number of carbonyl (C=O) groups excluding carboxylic acids is 3. The van der Waals surface area contributed by atoms with Gasteiger partial charge in [0.05, 0.1) is 17.1 Å². The highest BCUT2D eigenvalue weighted by molar-refractivity contribution is 6.07. The predicted molar refractivity (Wildman–Crippen MR) is 129 cm³/mol. The normalized spacial score (nSPS) is 11.1. The van der Waals surface area contributed by atoms with Crippen LogP contribution in [0.5, 0.6) is 0 Å². The van der Waals surface area contributed by atoms with Crippen LogP contribution in [0.15, 0.2) is 36.8 Å². The Hall–Kier alpha value is -4.48. The van der Waals surface area contributed by atoms with E-state index in [1.165, 1.54) is 33.5 Å². The number of nitrogens with zero attached hydrogens (tertiary/aromatic N) is 3. The molecule has 0 bridgehead atoms. The van der Waals surface area contributed by atoms with E-state index in [1.807, 2.05) is 0 Å². The molecule has 0 saturated heterocycles. The van der Waals surface area contributed by atoms with Gasteiger partial charge >= 0.3 is 12.1 Å². The Morgan fingerprint density at radius 2 is 1.09 bits per heavy atom. The van der Waals surface area contributed by atoms with Crippen LogP contribution in [-0.2, 0) is 25.9 Å². The first-order valence-corrected chi connectivity index (χ1v) is 10.6. The first kappa shape index (κ1) is 25.1. The first-order chi connectivity index (χ1) is 16.2. The maximum absolute atomic E-state index is 12.8. The molecule has 0 aliphatic carbocycles. The van der Waals surface area contributed by atoms with E-state index >= 15 is 0 Å². The Morgan fingerprint density at radius 3 is 1.46 bits per heavy atom. The second kappa shape index (κ2) is 9.41. The van der Waals surface area contributed by atoms with Gasteiger partial charge in [-0.2, -0.15) is 0 Å². The van der Waals surface area contributed by atoms with Crippen LogP contribution in [0, 0.1) is 0 Å². The van der Waals surface area contributed by atoms with E-state index in [4.69, 9.17) is 9.84 Å². The Balaban J connectivity index is 1.69. The minimum absolute atomic E-state index is 0.0308. The second-order valence-corrected chi connectivity index (χ2v) is 9.02. The number of ether oxygens (including phenoxy) is 1. The number of rotatable bonds is 6. The number of anilines is 3. The average molecular weight is 485 g/mol. The fourth-order valence-electron chi connectivity index (χ4n) is 3.37. The van der Waals surface area contributed by atoms with Crippen molar-refractivity contribution in [1.82, 2.24) is 13.7 Å². The van der Waals surface area contributed by atoms with Crippen LogP contribution in [-0.4, -0.2) is 48.3 Å². The van der Waals surface area contributed by atoms with Gasteiger partial charge in [-0.1, -0.05) is 0 Å². The Morgan fingerprint density at radius 1 is 0.714 bits per heavy atom. The maximum atomic E-state index is 12.8. The molecule has 3 aromatic heterocycles. The molecule has 0 aromatic carbocycles. The maximum Gasteiger partial charge on any atom is 0.412 e. The Labute approximate surface area is 201 Å². The molecule has 0 saturated carbocycles. The molecule has 0 unspecified atom stereocenters. The van der Waals surface area contributed by atoms with E-state index in [1.54, 1.807) is 58.9 Å². The topological polar surface area (TPSA) is 149 Å². The molecular weight excluding hydrogens is 456 g/mol. The zero-order chi connectivity index (χ0) is 26.1. The minimum atomic E-state index is -1.11. The SMILES string of the molecule is Cn1cc(NC(=O)c2cc(NC(=O)c3cc(NC(=O)OC(C)(C)C)cn3C)cn2C)cc1C(=O)O. The molecule has 0 spiro atoms. The summed E-state index contributed by atoms with van der Waals surface area (Å²) in [4.78, 5) is 48.7. The lowest BCUT2D eigenvalue weighted by Crippen LogP contribution is -2.27. The van der Waals surface area contributed by atoms with Crippen molar-refractivity contribution in [2.24, 2.45) is 21.1 Å². The molecular formula is C23H28N6O6. The standard InChI is InChI=1S/C23H28N6O6/c1-23(2,3)35-22(34)26-15-8-17(28(5)12-15)20(31)24-13-7-16(27(4)10-13)19(30)25-14-9-18(21(32)33)29(6)11-14/h7-12H,1-6H3,(H,24,31)(H,25,30)(H,26,34)(H,32,33). The van der Waals surface area contributed by atoms with Crippen LogP contribution in [0.2, 0.25) is 0 Å². The largest absolute Gasteiger partial charge is 0.477 e. The number of carboxylic acid groups (broad SMARTS) is 1. The lowest BCUT2D eigenvalue weighted by Gasteiger charge is -2.19. The monoisotopic (exact) mass is 484 g/mol. The highest BCUT2D eigenvalue weighted by atomic mass is 16.6. The highest BCUT2D eigenvalue weighted by Crippen LogP contribution is 2.20. The molecule has 12 nitrogen and oxygen atoms in total. The van der Waals surface area contributed by atoms with E-state index < -0.39 is 29.5 Å². The fourth-order valence-corrected chi connectivity index (χ4v) is 3.37. The summed E-state index contributed by atoms with van der Waals surface area (Å²) in [6.45, 7) is 5.24. The number of nitrogens with one attached hydrogen (secondary N) is 3. The number of carboxylic acids is 1. The summed E-state index contributed by atoms with van der Waals surface area (Å²) in [6.07, 6.45) is 4.00. The second-order valence-electron chi connectivity index (χ2n) is 9.02. The fraction of sp³-hybridized carbons (Fsp3) is 0.304. The van der Waals surface area contributed by atoms with Crippen molar-refractivity contribution >= 4 is 40.9 Å². The highest BCUT2D eigenvalue weighted by Gasteiger charge is 2.20. The van der Waals surface area contributed by atoms with Gasteiger partial charge in [0.15, 0.2) is 0 Å². The molecule has 3 aromatic rings. The number of hydrogen-bond donors (Lipinski definition) is 4. The van der Waals surface area contributed by atoms with Crippen LogP contribution in [0.4, 0.5) is 21.9 Å². The van der Waals surface area contributed by atoms with Gasteiger partial charge in [-0.3, -0.25) is 14.9 Å². The summed E-state index contributed by atoms with van der Waals surface area (Å²) in [5.41, 5.74) is 0.999. The minimum Gasteiger partial charge on any atom is -0.477 e. The molecule has 0 aliphatic heterocycles. The Bertz CT molecular complexity index is 1310. The predicted octanol–water partition coefficient (Wildman–Crippen LogP) is 3.25. The average Bonchev–Trinajstić information content (AvgIpc) is 3.36. The first-order valence-electron chi connectivity index (χ1n) is 10.6. The Kier molecular flexibility index (Phi) is 6.76. The lowest BCUT2D eigenvalue weighted by atomic mass is 10.2. The van der Waals surface area contributed by atoms with Gasteiger partial charge in [-0.25, -0.2) is 9.59 Å². The van der Waals surface area contributed by atoms with E-state index in [0.717, 1.165) is 0 Å². The van der Waals surface area contributed by atoms with Gasteiger partial charge in [-0.05, 0) is 39.0 Å². The third kappa shape index (κ3) is 6.10. The summed E-state index contributed by atoms with van der Waals surface area (Å²) in [5.74, 6) is -2.03. The zero-order valence-electron chi connectivity index (χ0n) is 20.3. The zero-order valence-corrected chi connectivity index (χ0v) is 20.3. The van der Waals surface area contributed by atoms with Crippen molar-refractivity contribution in [2.75, 3.05) is 16.0 Å². The van der Waals surface area contributed by atoms with Crippen molar-refractivity contribution < 1.29 is 29.0 Å². The summed E-state index contributed by atoms with van der Waals surface area (Å²) in [5, 5.41) is 17.1. The molecule has 3 heterocycles. The molecule has 0 aliphatic rings. The van der Waals surface area contributed by atoms with Gasteiger partial charge in [0, 0.05) is 39.7 Å². The summed E-state index contributed by atoms with van der Waals surface area (Å²) in [7, 11) is 4.86. The van der Waals surface area contributed by atoms with Crippen LogP contribution in [0.3, 0.4) is 0 Å². The van der Waals surface area contributed by atoms with Crippen molar-refractivity contribution in [1.29, 1.82) is 0 Å². The van der Waals surface area contributed by atoms with Gasteiger partial charge in [0.25, 0.3) is 11.8 Å². The summed E-state index contributed by atoms with van der Waals surface area (Å²) >= 11 is 0.